The molecule has 1 aromatic rings. The van der Waals surface area contributed by atoms with Gasteiger partial charge in [-0.15, -0.1) is 0 Å². The molecule has 0 saturated carbocycles. The minimum Gasteiger partial charge on any atom is -0.493 e. The monoisotopic (exact) mass is 264 g/mol. The second-order valence-corrected chi connectivity index (χ2v) is 4.51. The number of anilines is 1. The summed E-state index contributed by atoms with van der Waals surface area (Å²) >= 11 is 0. The van der Waals surface area contributed by atoms with Crippen LogP contribution in [-0.4, -0.2) is 55.6 Å². The predicted octanol–water partition coefficient (Wildman–Crippen LogP) is 0.242. The normalized spacial score (nSPS) is 15.2. The molecule has 0 radical (unpaired) electrons. The number of nitrogens with zero attached hydrogens (tertiary/aromatic N) is 2. The van der Waals surface area contributed by atoms with Gasteiger partial charge < -0.3 is 20.3 Å². The molecule has 6 heteroatoms. The molecule has 1 amide bonds. The molecule has 1 aliphatic heterocycles. The minimum atomic E-state index is 0.109. The first-order chi connectivity index (χ1) is 9.20. The molecule has 1 aromatic heterocycles. The van der Waals surface area contributed by atoms with Gasteiger partial charge in [0.05, 0.1) is 25.5 Å². The molecule has 0 atom stereocenters. The van der Waals surface area contributed by atoms with Crippen molar-refractivity contribution in [3.8, 4) is 5.75 Å². The van der Waals surface area contributed by atoms with E-state index < -0.39 is 0 Å². The fourth-order valence-electron chi connectivity index (χ4n) is 2.04. The lowest BCUT2D eigenvalue weighted by Gasteiger charge is -2.27. The largest absolute Gasteiger partial charge is 0.493 e. The van der Waals surface area contributed by atoms with Crippen LogP contribution in [0.4, 0.5) is 5.69 Å². The molecule has 0 aromatic carbocycles. The Labute approximate surface area is 113 Å². The van der Waals surface area contributed by atoms with Gasteiger partial charge in [0, 0.05) is 31.9 Å². The number of pyridine rings is 1. The number of methoxy groups -OCH3 is 1. The van der Waals surface area contributed by atoms with Gasteiger partial charge in [-0.25, -0.2) is 0 Å². The van der Waals surface area contributed by atoms with Crippen molar-refractivity contribution >= 4 is 11.6 Å². The van der Waals surface area contributed by atoms with E-state index in [0.29, 0.717) is 5.75 Å². The Morgan fingerprint density at radius 3 is 2.95 bits per heavy atom. The SMILES string of the molecule is COc1cnc(C)cc1NCC(=O)N1CCNCC1. The highest BCUT2D eigenvalue weighted by molar-refractivity contribution is 5.81. The van der Waals surface area contributed by atoms with Gasteiger partial charge in [0.25, 0.3) is 0 Å². The van der Waals surface area contributed by atoms with Crippen molar-refractivity contribution in [2.75, 3.05) is 45.2 Å². The molecule has 1 saturated heterocycles. The van der Waals surface area contributed by atoms with Crippen LogP contribution in [0.15, 0.2) is 12.3 Å². The lowest BCUT2D eigenvalue weighted by Crippen LogP contribution is -2.48. The summed E-state index contributed by atoms with van der Waals surface area (Å²) in [5.74, 6) is 0.761. The van der Waals surface area contributed by atoms with Crippen LogP contribution < -0.4 is 15.4 Å². The lowest BCUT2D eigenvalue weighted by atomic mass is 10.3. The quantitative estimate of drug-likeness (QED) is 0.815. The first-order valence-corrected chi connectivity index (χ1v) is 6.43. The van der Waals surface area contributed by atoms with E-state index in [-0.39, 0.29) is 12.5 Å². The number of nitrogens with one attached hydrogen (secondary N) is 2. The van der Waals surface area contributed by atoms with Crippen LogP contribution in [-0.2, 0) is 4.79 Å². The van der Waals surface area contributed by atoms with E-state index in [9.17, 15) is 4.79 Å². The van der Waals surface area contributed by atoms with Crippen molar-refractivity contribution in [2.24, 2.45) is 0 Å². The van der Waals surface area contributed by atoms with Crippen molar-refractivity contribution in [3.63, 3.8) is 0 Å². The van der Waals surface area contributed by atoms with Gasteiger partial charge in [-0.3, -0.25) is 9.78 Å². The van der Waals surface area contributed by atoms with Gasteiger partial charge >= 0.3 is 0 Å². The average molecular weight is 264 g/mol. The highest BCUT2D eigenvalue weighted by Gasteiger charge is 2.16. The van der Waals surface area contributed by atoms with Crippen molar-refractivity contribution in [1.82, 2.24) is 15.2 Å². The maximum absolute atomic E-state index is 12.0. The van der Waals surface area contributed by atoms with Crippen molar-refractivity contribution in [1.29, 1.82) is 0 Å². The first kappa shape index (κ1) is 13.6. The van der Waals surface area contributed by atoms with E-state index in [1.807, 2.05) is 17.9 Å². The molecule has 0 bridgehead atoms. The van der Waals surface area contributed by atoms with Gasteiger partial charge in [0.1, 0.15) is 0 Å². The zero-order chi connectivity index (χ0) is 13.7. The van der Waals surface area contributed by atoms with Crippen molar-refractivity contribution < 1.29 is 9.53 Å². The van der Waals surface area contributed by atoms with Crippen LogP contribution in [0.2, 0.25) is 0 Å². The molecular formula is C13H20N4O2. The highest BCUT2D eigenvalue weighted by Crippen LogP contribution is 2.23. The molecule has 19 heavy (non-hydrogen) atoms. The Kier molecular flexibility index (Phi) is 4.57. The van der Waals surface area contributed by atoms with E-state index in [0.717, 1.165) is 37.6 Å². The van der Waals surface area contributed by atoms with Crippen molar-refractivity contribution in [3.05, 3.63) is 18.0 Å². The van der Waals surface area contributed by atoms with Gasteiger partial charge in [-0.2, -0.15) is 0 Å². The van der Waals surface area contributed by atoms with Crippen molar-refractivity contribution in [2.45, 2.75) is 6.92 Å². The third-order valence-corrected chi connectivity index (χ3v) is 3.12. The van der Waals surface area contributed by atoms with Gasteiger partial charge in [-0.05, 0) is 13.0 Å². The Balaban J connectivity index is 1.94. The zero-order valence-corrected chi connectivity index (χ0v) is 11.4. The number of hydrogen-bond acceptors (Lipinski definition) is 5. The van der Waals surface area contributed by atoms with E-state index in [1.165, 1.54) is 0 Å². The molecule has 0 aliphatic carbocycles. The molecule has 104 valence electrons. The Bertz CT molecular complexity index is 444. The van der Waals surface area contributed by atoms with Crippen LogP contribution in [0.1, 0.15) is 5.69 Å². The number of carbonyl (C=O) groups excluding carboxylic acids is 1. The summed E-state index contributed by atoms with van der Waals surface area (Å²) in [6.07, 6.45) is 1.66. The van der Waals surface area contributed by atoms with Crippen LogP contribution in [0, 0.1) is 6.92 Å². The van der Waals surface area contributed by atoms with E-state index >= 15 is 0 Å². The average Bonchev–Trinajstić information content (AvgIpc) is 2.46. The number of rotatable bonds is 4. The predicted molar refractivity (Wildman–Crippen MR) is 73.5 cm³/mol. The number of aryl methyl sites for hydroxylation is 1. The Morgan fingerprint density at radius 2 is 2.26 bits per heavy atom. The van der Waals surface area contributed by atoms with Gasteiger partial charge in [-0.1, -0.05) is 0 Å². The number of aromatic nitrogens is 1. The second-order valence-electron chi connectivity index (χ2n) is 4.51. The molecule has 1 fully saturated rings. The third-order valence-electron chi connectivity index (χ3n) is 3.12. The molecule has 2 heterocycles. The van der Waals surface area contributed by atoms with Crippen LogP contribution in [0.5, 0.6) is 5.75 Å². The summed E-state index contributed by atoms with van der Waals surface area (Å²) in [6, 6.07) is 1.88. The number of piperazine rings is 1. The van der Waals surface area contributed by atoms with Crippen LogP contribution in [0.3, 0.4) is 0 Å². The number of hydrogen-bond donors (Lipinski definition) is 2. The summed E-state index contributed by atoms with van der Waals surface area (Å²) < 4.78 is 5.22. The first-order valence-electron chi connectivity index (χ1n) is 6.43. The minimum absolute atomic E-state index is 0.109. The number of carbonyl (C=O) groups is 1. The van der Waals surface area contributed by atoms with Crippen LogP contribution in [0.25, 0.3) is 0 Å². The van der Waals surface area contributed by atoms with E-state index in [2.05, 4.69) is 15.6 Å². The topological polar surface area (TPSA) is 66.5 Å². The molecule has 6 nitrogen and oxygen atoms in total. The van der Waals surface area contributed by atoms with E-state index in [4.69, 9.17) is 4.74 Å². The summed E-state index contributed by atoms with van der Waals surface area (Å²) in [5.41, 5.74) is 1.69. The standard InChI is InChI=1S/C13H20N4O2/c1-10-7-11(12(19-2)8-15-10)16-9-13(18)17-5-3-14-4-6-17/h7-8,14H,3-6,9H2,1-2H3,(H,15,16). The second kappa shape index (κ2) is 6.38. The van der Waals surface area contributed by atoms with Crippen LogP contribution >= 0.6 is 0 Å². The molecule has 2 rings (SSSR count). The molecule has 0 spiro atoms. The highest BCUT2D eigenvalue weighted by atomic mass is 16.5. The Morgan fingerprint density at radius 1 is 1.53 bits per heavy atom. The molecule has 0 unspecified atom stereocenters. The number of ether oxygens (including phenoxy) is 1. The zero-order valence-electron chi connectivity index (χ0n) is 11.4. The summed E-state index contributed by atoms with van der Waals surface area (Å²) in [7, 11) is 1.59. The number of amides is 1. The van der Waals surface area contributed by atoms with Gasteiger partial charge in [0.2, 0.25) is 5.91 Å². The summed E-state index contributed by atoms with van der Waals surface area (Å²) in [4.78, 5) is 18.1. The Hall–Kier alpha value is -1.82. The maximum Gasteiger partial charge on any atom is 0.241 e. The fourth-order valence-corrected chi connectivity index (χ4v) is 2.04. The summed E-state index contributed by atoms with van der Waals surface area (Å²) in [5, 5.41) is 6.35. The maximum atomic E-state index is 12.0. The lowest BCUT2D eigenvalue weighted by molar-refractivity contribution is -0.129. The fraction of sp³-hybridized carbons (Fsp3) is 0.538. The molecule has 1 aliphatic rings. The molecule has 2 N–H and O–H groups in total. The molecular weight excluding hydrogens is 244 g/mol. The smallest absolute Gasteiger partial charge is 0.241 e. The third kappa shape index (κ3) is 3.57. The summed E-state index contributed by atoms with van der Waals surface area (Å²) in [6.45, 7) is 5.45. The van der Waals surface area contributed by atoms with E-state index in [1.54, 1.807) is 13.3 Å². The van der Waals surface area contributed by atoms with Gasteiger partial charge in [0.15, 0.2) is 5.75 Å².